The van der Waals surface area contributed by atoms with Gasteiger partial charge >= 0.3 is 0 Å². The maximum atomic E-state index is 6.31. The highest BCUT2D eigenvalue weighted by Gasteiger charge is 2.17. The fourth-order valence-corrected chi connectivity index (χ4v) is 2.10. The quantitative estimate of drug-likeness (QED) is 0.819. The Kier molecular flexibility index (Phi) is 6.28. The van der Waals surface area contributed by atoms with Crippen LogP contribution in [0.25, 0.3) is 0 Å². The van der Waals surface area contributed by atoms with Crippen molar-refractivity contribution in [2.75, 3.05) is 34.4 Å². The van der Waals surface area contributed by atoms with Gasteiger partial charge in [0, 0.05) is 31.3 Å². The van der Waals surface area contributed by atoms with Gasteiger partial charge in [0.1, 0.15) is 5.75 Å². The molecule has 0 heterocycles. The summed E-state index contributed by atoms with van der Waals surface area (Å²) in [5.41, 5.74) is 8.56. The molecule has 2 N–H and O–H groups in total. The van der Waals surface area contributed by atoms with Crippen molar-refractivity contribution >= 4 is 0 Å². The first-order chi connectivity index (χ1) is 8.99. The van der Waals surface area contributed by atoms with Crippen molar-refractivity contribution in [1.29, 1.82) is 0 Å². The average Bonchev–Trinajstić information content (AvgIpc) is 2.38. The van der Waals surface area contributed by atoms with Gasteiger partial charge in [-0.25, -0.2) is 0 Å². The second-order valence-corrected chi connectivity index (χ2v) is 5.10. The summed E-state index contributed by atoms with van der Waals surface area (Å²) in [4.78, 5) is 2.20. The predicted octanol–water partition coefficient (Wildman–Crippen LogP) is 1.97. The van der Waals surface area contributed by atoms with E-state index in [0.717, 1.165) is 17.9 Å². The van der Waals surface area contributed by atoms with Crippen LogP contribution in [-0.2, 0) is 4.74 Å². The van der Waals surface area contributed by atoms with Crippen molar-refractivity contribution < 1.29 is 9.47 Å². The van der Waals surface area contributed by atoms with Gasteiger partial charge in [0.15, 0.2) is 0 Å². The van der Waals surface area contributed by atoms with Crippen LogP contribution in [0.1, 0.15) is 24.1 Å². The van der Waals surface area contributed by atoms with E-state index >= 15 is 0 Å². The zero-order chi connectivity index (χ0) is 14.4. The highest BCUT2D eigenvalue weighted by Crippen LogP contribution is 2.25. The minimum absolute atomic E-state index is 0.0702. The molecule has 0 fully saturated rings. The Morgan fingerprint density at radius 3 is 2.58 bits per heavy atom. The summed E-state index contributed by atoms with van der Waals surface area (Å²) in [7, 11) is 5.46. The van der Waals surface area contributed by atoms with Gasteiger partial charge < -0.3 is 15.2 Å². The van der Waals surface area contributed by atoms with E-state index in [-0.39, 0.29) is 6.04 Å². The van der Waals surface area contributed by atoms with Crippen LogP contribution in [0.3, 0.4) is 0 Å². The standard InChI is InChI=1S/C15H26N2O2/c1-11-6-7-15(19-5)13(8-11)14(16)9-17(3)12(2)10-18-4/h6-8,12,14H,9-10,16H2,1-5H3. The predicted molar refractivity (Wildman–Crippen MR) is 78.6 cm³/mol. The van der Waals surface area contributed by atoms with E-state index in [1.54, 1.807) is 14.2 Å². The molecular weight excluding hydrogens is 240 g/mol. The first kappa shape index (κ1) is 16.0. The summed E-state index contributed by atoms with van der Waals surface area (Å²) in [6.45, 7) is 5.66. The van der Waals surface area contributed by atoms with Crippen LogP contribution in [0.4, 0.5) is 0 Å². The molecule has 19 heavy (non-hydrogen) atoms. The Balaban J connectivity index is 2.77. The molecule has 1 rings (SSSR count). The van der Waals surface area contributed by atoms with Crippen LogP contribution in [0, 0.1) is 6.92 Å². The topological polar surface area (TPSA) is 47.7 Å². The number of rotatable bonds is 7. The molecule has 4 nitrogen and oxygen atoms in total. The normalized spacial score (nSPS) is 14.5. The molecule has 2 atom stereocenters. The van der Waals surface area contributed by atoms with Crippen LogP contribution in [0.2, 0.25) is 0 Å². The van der Waals surface area contributed by atoms with Crippen molar-refractivity contribution in [1.82, 2.24) is 4.90 Å². The Hall–Kier alpha value is -1.10. The lowest BCUT2D eigenvalue weighted by Gasteiger charge is -2.27. The molecule has 108 valence electrons. The number of aryl methyl sites for hydroxylation is 1. The van der Waals surface area contributed by atoms with Gasteiger partial charge in [-0.05, 0) is 27.0 Å². The average molecular weight is 266 g/mol. The van der Waals surface area contributed by atoms with Crippen LogP contribution >= 0.6 is 0 Å². The third-order valence-corrected chi connectivity index (χ3v) is 3.43. The lowest BCUT2D eigenvalue weighted by Crippen LogP contribution is -2.38. The van der Waals surface area contributed by atoms with Crippen molar-refractivity contribution in [3.63, 3.8) is 0 Å². The lowest BCUT2D eigenvalue weighted by atomic mass is 10.0. The molecule has 0 aromatic heterocycles. The summed E-state index contributed by atoms with van der Waals surface area (Å²) >= 11 is 0. The first-order valence-electron chi connectivity index (χ1n) is 6.58. The molecule has 0 amide bonds. The van der Waals surface area contributed by atoms with Crippen molar-refractivity contribution in [2.24, 2.45) is 5.73 Å². The smallest absolute Gasteiger partial charge is 0.123 e. The van der Waals surface area contributed by atoms with Crippen LogP contribution in [0.5, 0.6) is 5.75 Å². The van der Waals surface area contributed by atoms with E-state index in [0.29, 0.717) is 12.6 Å². The second-order valence-electron chi connectivity index (χ2n) is 5.10. The molecule has 0 spiro atoms. The monoisotopic (exact) mass is 266 g/mol. The molecule has 0 radical (unpaired) electrons. The molecule has 0 aliphatic heterocycles. The summed E-state index contributed by atoms with van der Waals surface area (Å²) in [5, 5.41) is 0. The number of ether oxygens (including phenoxy) is 2. The van der Waals surface area contributed by atoms with E-state index < -0.39 is 0 Å². The van der Waals surface area contributed by atoms with Gasteiger partial charge in [-0.15, -0.1) is 0 Å². The molecule has 1 aromatic carbocycles. The first-order valence-corrected chi connectivity index (χ1v) is 6.58. The third-order valence-electron chi connectivity index (χ3n) is 3.43. The maximum absolute atomic E-state index is 6.31. The van der Waals surface area contributed by atoms with E-state index in [9.17, 15) is 0 Å². The molecule has 0 aliphatic rings. The second kappa shape index (κ2) is 7.48. The van der Waals surface area contributed by atoms with Crippen LogP contribution < -0.4 is 10.5 Å². The van der Waals surface area contributed by atoms with E-state index in [1.807, 2.05) is 12.1 Å². The lowest BCUT2D eigenvalue weighted by molar-refractivity contribution is 0.112. The zero-order valence-electron chi connectivity index (χ0n) is 12.6. The van der Waals surface area contributed by atoms with Gasteiger partial charge in [-0.2, -0.15) is 0 Å². The van der Waals surface area contributed by atoms with Crippen molar-refractivity contribution in [2.45, 2.75) is 25.9 Å². The number of hydrogen-bond acceptors (Lipinski definition) is 4. The Morgan fingerprint density at radius 2 is 2.00 bits per heavy atom. The molecule has 0 saturated heterocycles. The fourth-order valence-electron chi connectivity index (χ4n) is 2.10. The molecule has 1 aromatic rings. The minimum Gasteiger partial charge on any atom is -0.496 e. The molecular formula is C15H26N2O2. The largest absolute Gasteiger partial charge is 0.496 e. The zero-order valence-corrected chi connectivity index (χ0v) is 12.6. The SMILES string of the molecule is COCC(C)N(C)CC(N)c1cc(C)ccc1OC. The Labute approximate surface area is 116 Å². The fraction of sp³-hybridized carbons (Fsp3) is 0.600. The molecule has 4 heteroatoms. The van der Waals surface area contributed by atoms with E-state index in [1.165, 1.54) is 5.56 Å². The van der Waals surface area contributed by atoms with Gasteiger partial charge in [0.2, 0.25) is 0 Å². The van der Waals surface area contributed by atoms with Gasteiger partial charge in [-0.3, -0.25) is 4.90 Å². The third kappa shape index (κ3) is 4.49. The maximum Gasteiger partial charge on any atom is 0.123 e. The molecule has 0 saturated carbocycles. The van der Waals surface area contributed by atoms with Crippen LogP contribution in [-0.4, -0.2) is 45.4 Å². The highest BCUT2D eigenvalue weighted by atomic mass is 16.5. The van der Waals surface area contributed by atoms with Crippen molar-refractivity contribution in [3.8, 4) is 5.75 Å². The minimum atomic E-state index is -0.0702. The highest BCUT2D eigenvalue weighted by molar-refractivity contribution is 5.39. The number of benzene rings is 1. The molecule has 2 unspecified atom stereocenters. The van der Waals surface area contributed by atoms with E-state index in [2.05, 4.69) is 31.9 Å². The Morgan fingerprint density at radius 1 is 1.32 bits per heavy atom. The number of likely N-dealkylation sites (N-methyl/N-ethyl adjacent to an activating group) is 1. The number of hydrogen-bond donors (Lipinski definition) is 1. The molecule has 0 bridgehead atoms. The van der Waals surface area contributed by atoms with E-state index in [4.69, 9.17) is 15.2 Å². The summed E-state index contributed by atoms with van der Waals surface area (Å²) in [5.74, 6) is 0.853. The van der Waals surface area contributed by atoms with Crippen molar-refractivity contribution in [3.05, 3.63) is 29.3 Å². The number of nitrogens with zero attached hydrogens (tertiary/aromatic N) is 1. The summed E-state index contributed by atoms with van der Waals surface area (Å²) < 4.78 is 10.6. The number of nitrogens with two attached hydrogens (primary N) is 1. The van der Waals surface area contributed by atoms with Crippen LogP contribution in [0.15, 0.2) is 18.2 Å². The Bertz CT molecular complexity index is 396. The van der Waals surface area contributed by atoms with Gasteiger partial charge in [0.05, 0.1) is 13.7 Å². The van der Waals surface area contributed by atoms with Gasteiger partial charge in [0.25, 0.3) is 0 Å². The summed E-state index contributed by atoms with van der Waals surface area (Å²) in [6.07, 6.45) is 0. The number of methoxy groups -OCH3 is 2. The molecule has 0 aliphatic carbocycles. The summed E-state index contributed by atoms with van der Waals surface area (Å²) in [6, 6.07) is 6.37. The van der Waals surface area contributed by atoms with Gasteiger partial charge in [-0.1, -0.05) is 17.7 Å².